The summed E-state index contributed by atoms with van der Waals surface area (Å²) in [6.45, 7) is 2.16. The molecule has 7 heteroatoms. The van der Waals surface area contributed by atoms with Gasteiger partial charge in [0, 0.05) is 31.0 Å². The van der Waals surface area contributed by atoms with Crippen LogP contribution in [0.15, 0.2) is 72.8 Å². The highest BCUT2D eigenvalue weighted by molar-refractivity contribution is 6.04. The van der Waals surface area contributed by atoms with E-state index in [1.807, 2.05) is 74.4 Å². The van der Waals surface area contributed by atoms with Gasteiger partial charge in [0.15, 0.2) is 0 Å². The second kappa shape index (κ2) is 9.79. The van der Waals surface area contributed by atoms with Crippen molar-refractivity contribution < 1.29 is 19.1 Å². The summed E-state index contributed by atoms with van der Waals surface area (Å²) in [7, 11) is 3.91. The van der Waals surface area contributed by atoms with Crippen LogP contribution >= 0.6 is 0 Å². The van der Waals surface area contributed by atoms with E-state index in [1.165, 1.54) is 4.90 Å². The van der Waals surface area contributed by atoms with E-state index in [9.17, 15) is 14.4 Å². The van der Waals surface area contributed by atoms with Crippen LogP contribution in [0.4, 0.5) is 16.2 Å². The van der Waals surface area contributed by atoms with Crippen LogP contribution in [-0.2, 0) is 16.0 Å². The van der Waals surface area contributed by atoms with Crippen molar-refractivity contribution in [1.29, 1.82) is 0 Å². The summed E-state index contributed by atoms with van der Waals surface area (Å²) >= 11 is 0. The summed E-state index contributed by atoms with van der Waals surface area (Å²) in [6, 6.07) is 21.5. The Balaban J connectivity index is 1.42. The zero-order valence-electron chi connectivity index (χ0n) is 19.4. The Hall–Kier alpha value is -4.13. The smallest absolute Gasteiger partial charge is 0.417 e. The van der Waals surface area contributed by atoms with Gasteiger partial charge in [0.05, 0.1) is 6.42 Å². The molecule has 0 saturated carbocycles. The fourth-order valence-electron chi connectivity index (χ4n) is 4.02. The number of anilines is 2. The van der Waals surface area contributed by atoms with E-state index >= 15 is 0 Å². The number of imide groups is 1. The number of carbonyl (C=O) groups is 3. The summed E-state index contributed by atoms with van der Waals surface area (Å²) < 4.78 is 5.14. The van der Waals surface area contributed by atoms with E-state index in [0.717, 1.165) is 16.8 Å². The molecule has 3 amide bonds. The molecule has 1 aliphatic rings. The molecule has 4 rings (SSSR count). The molecule has 0 radical (unpaired) electrons. The van der Waals surface area contributed by atoms with Crippen LogP contribution < -0.4 is 10.2 Å². The number of rotatable bonds is 6. The molecule has 0 bridgehead atoms. The minimum Gasteiger partial charge on any atom is -0.446 e. The number of amides is 3. The topological polar surface area (TPSA) is 79.0 Å². The molecule has 0 spiro atoms. The molecule has 1 fully saturated rings. The maximum Gasteiger partial charge on any atom is 0.417 e. The third kappa shape index (κ3) is 4.93. The van der Waals surface area contributed by atoms with Crippen LogP contribution in [0.1, 0.15) is 33.1 Å². The molecule has 1 saturated heterocycles. The number of nitrogens with one attached hydrogen (secondary N) is 1. The minimum absolute atomic E-state index is 0.0322. The normalized spacial score (nSPS) is 15.1. The third-order valence-corrected chi connectivity index (χ3v) is 5.85. The molecule has 7 nitrogen and oxygen atoms in total. The minimum atomic E-state index is -0.634. The number of aryl methyl sites for hydroxylation is 1. The van der Waals surface area contributed by atoms with E-state index in [2.05, 4.69) is 5.32 Å². The standard InChI is InChI=1S/C27H27N3O4/c1-18-9-14-22(16-23(18)29(2)3)28-26(32)21-12-10-19(11-13-21)15-25(31)30-24(17-34-27(30)33)20-7-5-4-6-8-20/h4-14,16,24H,15,17H2,1-3H3,(H,28,32). The molecular weight excluding hydrogens is 430 g/mol. The lowest BCUT2D eigenvalue weighted by Gasteiger charge is -2.20. The molecule has 0 aromatic heterocycles. The number of ether oxygens (including phenoxy) is 1. The molecule has 1 atom stereocenters. The summed E-state index contributed by atoms with van der Waals surface area (Å²) in [5.41, 5.74) is 4.89. The summed E-state index contributed by atoms with van der Waals surface area (Å²) in [4.78, 5) is 41.0. The van der Waals surface area contributed by atoms with Gasteiger partial charge in [-0.1, -0.05) is 48.5 Å². The Morgan fingerprint density at radius 1 is 1.03 bits per heavy atom. The summed E-state index contributed by atoms with van der Waals surface area (Å²) in [5, 5.41) is 2.91. The fourth-order valence-corrected chi connectivity index (χ4v) is 4.02. The number of hydrogen-bond acceptors (Lipinski definition) is 5. The Morgan fingerprint density at radius 3 is 2.41 bits per heavy atom. The largest absolute Gasteiger partial charge is 0.446 e. The van der Waals surface area contributed by atoms with E-state index in [0.29, 0.717) is 16.8 Å². The van der Waals surface area contributed by atoms with Gasteiger partial charge >= 0.3 is 6.09 Å². The Kier molecular flexibility index (Phi) is 6.63. The average Bonchev–Trinajstić information content (AvgIpc) is 3.22. The van der Waals surface area contributed by atoms with Crippen LogP contribution in [-0.4, -0.2) is 43.5 Å². The maximum atomic E-state index is 12.9. The lowest BCUT2D eigenvalue weighted by Crippen LogP contribution is -2.35. The number of hydrogen-bond donors (Lipinski definition) is 1. The number of benzene rings is 3. The maximum absolute atomic E-state index is 12.9. The molecule has 1 N–H and O–H groups in total. The second-order valence-corrected chi connectivity index (χ2v) is 8.49. The van der Waals surface area contributed by atoms with Crippen molar-refractivity contribution in [3.63, 3.8) is 0 Å². The van der Waals surface area contributed by atoms with Gasteiger partial charge in [-0.2, -0.15) is 0 Å². The van der Waals surface area contributed by atoms with Gasteiger partial charge in [-0.3, -0.25) is 9.59 Å². The van der Waals surface area contributed by atoms with Gasteiger partial charge in [0.25, 0.3) is 5.91 Å². The molecule has 174 valence electrons. The fraction of sp³-hybridized carbons (Fsp3) is 0.222. The van der Waals surface area contributed by atoms with Crippen molar-refractivity contribution in [2.24, 2.45) is 0 Å². The molecule has 3 aromatic rings. The quantitative estimate of drug-likeness (QED) is 0.586. The van der Waals surface area contributed by atoms with Crippen LogP contribution in [0.25, 0.3) is 0 Å². The first-order valence-electron chi connectivity index (χ1n) is 11.1. The molecule has 3 aromatic carbocycles. The number of carbonyl (C=O) groups excluding carboxylic acids is 3. The number of nitrogens with zero attached hydrogens (tertiary/aromatic N) is 2. The first-order chi connectivity index (χ1) is 16.3. The van der Waals surface area contributed by atoms with Crippen LogP contribution in [0.2, 0.25) is 0 Å². The molecule has 1 aliphatic heterocycles. The molecule has 1 heterocycles. The summed E-state index contributed by atoms with van der Waals surface area (Å²) in [6.07, 6.45) is -0.602. The predicted molar refractivity (Wildman–Crippen MR) is 131 cm³/mol. The van der Waals surface area contributed by atoms with Crippen molar-refractivity contribution in [2.45, 2.75) is 19.4 Å². The molecule has 1 unspecified atom stereocenters. The van der Waals surface area contributed by atoms with E-state index in [-0.39, 0.29) is 24.8 Å². The lowest BCUT2D eigenvalue weighted by molar-refractivity contribution is -0.128. The zero-order chi connectivity index (χ0) is 24.2. The van der Waals surface area contributed by atoms with Crippen molar-refractivity contribution >= 4 is 29.3 Å². The van der Waals surface area contributed by atoms with E-state index < -0.39 is 12.1 Å². The van der Waals surface area contributed by atoms with Crippen molar-refractivity contribution in [2.75, 3.05) is 30.9 Å². The first kappa shape index (κ1) is 23.0. The molecule has 34 heavy (non-hydrogen) atoms. The van der Waals surface area contributed by atoms with Crippen molar-refractivity contribution in [3.05, 3.63) is 95.1 Å². The van der Waals surface area contributed by atoms with Gasteiger partial charge in [-0.25, -0.2) is 9.69 Å². The van der Waals surface area contributed by atoms with E-state index in [1.54, 1.807) is 24.3 Å². The van der Waals surface area contributed by atoms with Gasteiger partial charge in [-0.05, 0) is 47.9 Å². The monoisotopic (exact) mass is 457 g/mol. The first-order valence-corrected chi connectivity index (χ1v) is 11.1. The van der Waals surface area contributed by atoms with Gasteiger partial charge in [-0.15, -0.1) is 0 Å². The van der Waals surface area contributed by atoms with Crippen molar-refractivity contribution in [3.8, 4) is 0 Å². The van der Waals surface area contributed by atoms with Crippen LogP contribution in [0, 0.1) is 6.92 Å². The highest BCUT2D eigenvalue weighted by Crippen LogP contribution is 2.28. The SMILES string of the molecule is Cc1ccc(NC(=O)c2ccc(CC(=O)N3C(=O)OCC3c3ccccc3)cc2)cc1N(C)C. The Morgan fingerprint density at radius 2 is 1.74 bits per heavy atom. The Labute approximate surface area is 198 Å². The molecular formula is C27H27N3O4. The lowest BCUT2D eigenvalue weighted by atomic mass is 10.0. The zero-order valence-corrected chi connectivity index (χ0v) is 19.4. The Bertz CT molecular complexity index is 1210. The van der Waals surface area contributed by atoms with Crippen LogP contribution in [0.3, 0.4) is 0 Å². The third-order valence-electron chi connectivity index (χ3n) is 5.85. The number of cyclic esters (lactones) is 1. The highest BCUT2D eigenvalue weighted by atomic mass is 16.6. The predicted octanol–water partition coefficient (Wildman–Crippen LogP) is 4.58. The van der Waals surface area contributed by atoms with Crippen LogP contribution in [0.5, 0.6) is 0 Å². The second-order valence-electron chi connectivity index (χ2n) is 8.49. The molecule has 0 aliphatic carbocycles. The van der Waals surface area contributed by atoms with Crippen molar-refractivity contribution in [1.82, 2.24) is 4.90 Å². The van der Waals surface area contributed by atoms with Gasteiger partial charge in [0.1, 0.15) is 12.6 Å². The van der Waals surface area contributed by atoms with E-state index in [4.69, 9.17) is 4.74 Å². The average molecular weight is 458 g/mol. The highest BCUT2D eigenvalue weighted by Gasteiger charge is 2.38. The van der Waals surface area contributed by atoms with Gasteiger partial charge < -0.3 is 15.0 Å². The summed E-state index contributed by atoms with van der Waals surface area (Å²) in [5.74, 6) is -0.580. The van der Waals surface area contributed by atoms with Gasteiger partial charge in [0.2, 0.25) is 5.91 Å².